The lowest BCUT2D eigenvalue weighted by molar-refractivity contribution is 0.151. The average Bonchev–Trinajstić information content (AvgIpc) is 2.87. The second-order valence-corrected chi connectivity index (χ2v) is 3.91. The Morgan fingerprint density at radius 2 is 2.06 bits per heavy atom. The van der Waals surface area contributed by atoms with Gasteiger partial charge < -0.3 is 4.98 Å². The van der Waals surface area contributed by atoms with Gasteiger partial charge in [-0.25, -0.2) is 13.8 Å². The number of pyridine rings is 2. The number of halogens is 2. The van der Waals surface area contributed by atoms with E-state index in [1.54, 1.807) is 24.7 Å². The minimum absolute atomic E-state index is 0.0759. The maximum Gasteiger partial charge on any atom is 0.265 e. The number of H-pyrrole nitrogens is 1. The van der Waals surface area contributed by atoms with E-state index in [1.807, 2.05) is 6.07 Å². The Morgan fingerprint density at radius 1 is 1.17 bits per heavy atom. The predicted octanol–water partition coefficient (Wildman–Crippen LogP) is 3.56. The molecule has 0 saturated heterocycles. The van der Waals surface area contributed by atoms with Crippen molar-refractivity contribution in [2.24, 2.45) is 0 Å². The van der Waals surface area contributed by atoms with Crippen LogP contribution in [0.1, 0.15) is 12.0 Å². The van der Waals surface area contributed by atoms with E-state index in [9.17, 15) is 8.78 Å². The molecule has 0 spiro atoms. The molecule has 0 radical (unpaired) electrons. The largest absolute Gasteiger partial charge is 0.346 e. The third kappa shape index (κ3) is 1.73. The molecule has 1 N–H and O–H groups in total. The molecule has 3 aromatic rings. The highest BCUT2D eigenvalue weighted by atomic mass is 19.3. The van der Waals surface area contributed by atoms with Gasteiger partial charge in [-0.3, -0.25) is 4.98 Å². The molecule has 0 fully saturated rings. The van der Waals surface area contributed by atoms with Crippen LogP contribution in [-0.4, -0.2) is 15.0 Å². The molecule has 3 aromatic heterocycles. The lowest BCUT2D eigenvalue weighted by Gasteiger charge is -2.05. The molecule has 18 heavy (non-hydrogen) atoms. The molecule has 0 aliphatic carbocycles. The molecule has 0 unspecified atom stereocenters. The Balaban J connectivity index is 2.20. The van der Waals surface area contributed by atoms with E-state index >= 15 is 0 Å². The number of aromatic amines is 1. The van der Waals surface area contributed by atoms with Gasteiger partial charge in [0, 0.05) is 41.3 Å². The molecule has 90 valence electrons. The average molecular weight is 245 g/mol. The summed E-state index contributed by atoms with van der Waals surface area (Å²) in [6.45, 7) is 0. The van der Waals surface area contributed by atoms with Crippen molar-refractivity contribution < 1.29 is 8.78 Å². The van der Waals surface area contributed by atoms with Crippen LogP contribution in [0.3, 0.4) is 0 Å². The molecule has 3 heterocycles. The van der Waals surface area contributed by atoms with Crippen LogP contribution in [0.5, 0.6) is 0 Å². The minimum atomic E-state index is -2.51. The van der Waals surface area contributed by atoms with Crippen LogP contribution in [0.25, 0.3) is 22.2 Å². The lowest BCUT2D eigenvalue weighted by atomic mass is 10.0. The summed E-state index contributed by atoms with van der Waals surface area (Å²) in [5.41, 5.74) is 2.17. The minimum Gasteiger partial charge on any atom is -0.346 e. The standard InChI is InChI=1S/C13H9F2N3/c14-12(15)9-5-8(6-16-7-9)10-1-3-17-13-11(10)2-4-18-13/h1-7,12H,(H,17,18). The van der Waals surface area contributed by atoms with E-state index in [4.69, 9.17) is 0 Å². The van der Waals surface area contributed by atoms with Crippen molar-refractivity contribution in [3.05, 3.63) is 48.5 Å². The molecule has 0 aliphatic heterocycles. The van der Waals surface area contributed by atoms with E-state index in [0.29, 0.717) is 5.56 Å². The number of rotatable bonds is 2. The Labute approximate surface area is 102 Å². The monoisotopic (exact) mass is 245 g/mol. The first kappa shape index (κ1) is 10.8. The topological polar surface area (TPSA) is 41.6 Å². The summed E-state index contributed by atoms with van der Waals surface area (Å²) in [7, 11) is 0. The van der Waals surface area contributed by atoms with Gasteiger partial charge >= 0.3 is 0 Å². The van der Waals surface area contributed by atoms with Crippen molar-refractivity contribution in [3.8, 4) is 11.1 Å². The summed E-state index contributed by atoms with van der Waals surface area (Å²) in [4.78, 5) is 11.0. The van der Waals surface area contributed by atoms with Crippen LogP contribution in [0.2, 0.25) is 0 Å². The summed E-state index contributed by atoms with van der Waals surface area (Å²) < 4.78 is 25.3. The SMILES string of the molecule is FC(F)c1cncc(-c2ccnc3[nH]ccc23)c1. The summed E-state index contributed by atoms with van der Waals surface area (Å²) in [6.07, 6.45) is 3.66. The van der Waals surface area contributed by atoms with Crippen LogP contribution >= 0.6 is 0 Å². The normalized spacial score (nSPS) is 11.3. The summed E-state index contributed by atoms with van der Waals surface area (Å²) >= 11 is 0. The van der Waals surface area contributed by atoms with Crippen LogP contribution in [0.15, 0.2) is 43.0 Å². The summed E-state index contributed by atoms with van der Waals surface area (Å²) in [5, 5.41) is 0.894. The first-order valence-corrected chi connectivity index (χ1v) is 5.41. The van der Waals surface area contributed by atoms with E-state index in [-0.39, 0.29) is 5.56 Å². The van der Waals surface area contributed by atoms with E-state index in [1.165, 1.54) is 12.3 Å². The maximum absolute atomic E-state index is 12.7. The van der Waals surface area contributed by atoms with Gasteiger partial charge in [0.15, 0.2) is 0 Å². The molecular weight excluding hydrogens is 236 g/mol. The number of hydrogen-bond acceptors (Lipinski definition) is 2. The van der Waals surface area contributed by atoms with E-state index in [2.05, 4.69) is 15.0 Å². The van der Waals surface area contributed by atoms with Crippen LogP contribution in [0, 0.1) is 0 Å². The fourth-order valence-electron chi connectivity index (χ4n) is 1.94. The third-order valence-corrected chi connectivity index (χ3v) is 2.78. The van der Waals surface area contributed by atoms with Gasteiger partial charge in [0.05, 0.1) is 0 Å². The maximum atomic E-state index is 12.7. The van der Waals surface area contributed by atoms with Gasteiger partial charge in [-0.15, -0.1) is 0 Å². The van der Waals surface area contributed by atoms with Crippen molar-refractivity contribution in [1.82, 2.24) is 15.0 Å². The summed E-state index contributed by atoms with van der Waals surface area (Å²) in [6, 6.07) is 5.12. The highest BCUT2D eigenvalue weighted by Crippen LogP contribution is 2.29. The van der Waals surface area contributed by atoms with Crippen molar-refractivity contribution in [3.63, 3.8) is 0 Å². The van der Waals surface area contributed by atoms with E-state index < -0.39 is 6.43 Å². The Morgan fingerprint density at radius 3 is 2.89 bits per heavy atom. The predicted molar refractivity (Wildman–Crippen MR) is 64.3 cm³/mol. The molecule has 5 heteroatoms. The zero-order valence-electron chi connectivity index (χ0n) is 9.27. The molecule has 0 bridgehead atoms. The zero-order valence-corrected chi connectivity index (χ0v) is 9.27. The molecule has 0 aromatic carbocycles. The fraction of sp³-hybridized carbons (Fsp3) is 0.0769. The van der Waals surface area contributed by atoms with Gasteiger partial charge in [-0.05, 0) is 23.8 Å². The quantitative estimate of drug-likeness (QED) is 0.750. The van der Waals surface area contributed by atoms with Gasteiger partial charge in [0.2, 0.25) is 0 Å². The number of nitrogens with one attached hydrogen (secondary N) is 1. The summed E-state index contributed by atoms with van der Waals surface area (Å²) in [5.74, 6) is 0. The van der Waals surface area contributed by atoms with Gasteiger partial charge in [0.1, 0.15) is 5.65 Å². The fourth-order valence-corrected chi connectivity index (χ4v) is 1.94. The Kier molecular flexibility index (Phi) is 2.51. The number of fused-ring (bicyclic) bond motifs is 1. The second kappa shape index (κ2) is 4.18. The van der Waals surface area contributed by atoms with Crippen LogP contribution in [-0.2, 0) is 0 Å². The van der Waals surface area contributed by atoms with Crippen LogP contribution < -0.4 is 0 Å². The number of nitrogens with zero attached hydrogens (tertiary/aromatic N) is 2. The number of aromatic nitrogens is 3. The van der Waals surface area contributed by atoms with Crippen LogP contribution in [0.4, 0.5) is 8.78 Å². The van der Waals surface area contributed by atoms with Gasteiger partial charge in [-0.1, -0.05) is 0 Å². The first-order valence-electron chi connectivity index (χ1n) is 5.41. The van der Waals surface area contributed by atoms with Gasteiger partial charge in [-0.2, -0.15) is 0 Å². The molecule has 0 atom stereocenters. The molecule has 3 nitrogen and oxygen atoms in total. The highest BCUT2D eigenvalue weighted by Gasteiger charge is 2.11. The van der Waals surface area contributed by atoms with E-state index in [0.717, 1.165) is 16.6 Å². The first-order chi connectivity index (χ1) is 8.75. The Bertz CT molecular complexity index is 691. The molecular formula is C13H9F2N3. The zero-order chi connectivity index (χ0) is 12.5. The smallest absolute Gasteiger partial charge is 0.265 e. The number of alkyl halides is 2. The Hall–Kier alpha value is -2.30. The molecule has 0 saturated carbocycles. The molecule has 0 aliphatic rings. The number of hydrogen-bond donors (Lipinski definition) is 1. The van der Waals surface area contributed by atoms with Crippen molar-refractivity contribution >= 4 is 11.0 Å². The third-order valence-electron chi connectivity index (χ3n) is 2.78. The molecule has 0 amide bonds. The van der Waals surface area contributed by atoms with Crippen molar-refractivity contribution in [1.29, 1.82) is 0 Å². The second-order valence-electron chi connectivity index (χ2n) is 3.91. The van der Waals surface area contributed by atoms with Crippen molar-refractivity contribution in [2.45, 2.75) is 6.43 Å². The molecule has 3 rings (SSSR count). The lowest BCUT2D eigenvalue weighted by Crippen LogP contribution is -1.89. The van der Waals surface area contributed by atoms with Gasteiger partial charge in [0.25, 0.3) is 6.43 Å². The van der Waals surface area contributed by atoms with Crippen molar-refractivity contribution in [2.75, 3.05) is 0 Å². The highest BCUT2D eigenvalue weighted by molar-refractivity contribution is 5.92.